The number of allylic oxidation sites excluding steroid dienone is 2. The number of likely N-dealkylation sites (tertiary alicyclic amines) is 1. The number of H-pyrrole nitrogens is 1. The number of hydrogen-bond donors (Lipinski definition) is 4. The Morgan fingerprint density at radius 3 is 2.43 bits per heavy atom. The van der Waals surface area contributed by atoms with E-state index in [1.165, 1.54) is 0 Å². The van der Waals surface area contributed by atoms with E-state index in [1.807, 2.05) is 11.0 Å². The van der Waals surface area contributed by atoms with Crippen molar-refractivity contribution in [2.24, 2.45) is 11.8 Å². The van der Waals surface area contributed by atoms with Gasteiger partial charge in [0.1, 0.15) is 6.04 Å². The van der Waals surface area contributed by atoms with Crippen molar-refractivity contribution >= 4 is 34.4 Å². The standard InChI is InChI=1S/C22H25N3O5/c26-20(15-5-1-2-6-16(15)21(27)28)24-13-7-8-14-17(12-23-18(14)11-13)19(22(29)30)25-9-3-4-10-25/h1-2,7-8,11-12,15-16,19,23H,3-6,9-10H2,(H,24,26)(H,27,28)(H,29,30)/t15-,16-,19+/m0/s1. The SMILES string of the molecule is O=C(O)[C@H]1CC=CC[C@@H]1C(=O)Nc1ccc2c([C@H](C(=O)O)N3CCCC3)c[nH]c2c1. The number of hydrogen-bond acceptors (Lipinski definition) is 4. The molecular weight excluding hydrogens is 386 g/mol. The van der Waals surface area contributed by atoms with E-state index < -0.39 is 29.8 Å². The van der Waals surface area contributed by atoms with E-state index in [1.54, 1.807) is 30.5 Å². The van der Waals surface area contributed by atoms with Crippen LogP contribution in [0.15, 0.2) is 36.5 Å². The van der Waals surface area contributed by atoms with Crippen LogP contribution in [0.1, 0.15) is 37.3 Å². The highest BCUT2D eigenvalue weighted by molar-refractivity contribution is 5.98. The third kappa shape index (κ3) is 3.82. The zero-order valence-corrected chi connectivity index (χ0v) is 16.5. The van der Waals surface area contributed by atoms with Crippen molar-refractivity contribution in [2.45, 2.75) is 31.7 Å². The van der Waals surface area contributed by atoms with Crippen LogP contribution in [-0.4, -0.2) is 51.0 Å². The molecule has 8 nitrogen and oxygen atoms in total. The van der Waals surface area contributed by atoms with Crippen LogP contribution >= 0.6 is 0 Å². The minimum Gasteiger partial charge on any atom is -0.481 e. The summed E-state index contributed by atoms with van der Waals surface area (Å²) in [7, 11) is 0. The third-order valence-electron chi connectivity index (χ3n) is 6.10. The van der Waals surface area contributed by atoms with Gasteiger partial charge < -0.3 is 20.5 Å². The number of aromatic amines is 1. The second-order valence-electron chi connectivity index (χ2n) is 7.97. The molecule has 3 atom stereocenters. The van der Waals surface area contributed by atoms with E-state index in [9.17, 15) is 24.6 Å². The number of carboxylic acids is 2. The van der Waals surface area contributed by atoms with E-state index in [4.69, 9.17) is 0 Å². The van der Waals surface area contributed by atoms with Gasteiger partial charge in [-0.05, 0) is 50.9 Å². The van der Waals surface area contributed by atoms with Crippen LogP contribution in [0, 0.1) is 11.8 Å². The normalized spacial score (nSPS) is 22.8. The summed E-state index contributed by atoms with van der Waals surface area (Å²) in [6.07, 6.45) is 8.10. The number of rotatable bonds is 6. The highest BCUT2D eigenvalue weighted by Gasteiger charge is 2.34. The number of carboxylic acid groups (broad SMARTS) is 2. The van der Waals surface area contributed by atoms with Gasteiger partial charge in [0.25, 0.3) is 0 Å². The number of nitrogens with one attached hydrogen (secondary N) is 2. The lowest BCUT2D eigenvalue weighted by Crippen LogP contribution is -2.34. The average molecular weight is 411 g/mol. The van der Waals surface area contributed by atoms with Crippen molar-refractivity contribution in [1.82, 2.24) is 9.88 Å². The second kappa shape index (κ2) is 8.31. The van der Waals surface area contributed by atoms with E-state index in [2.05, 4.69) is 10.3 Å². The predicted molar refractivity (Wildman–Crippen MR) is 111 cm³/mol. The van der Waals surface area contributed by atoms with Crippen molar-refractivity contribution in [2.75, 3.05) is 18.4 Å². The van der Waals surface area contributed by atoms with Crippen LogP contribution < -0.4 is 5.32 Å². The fourth-order valence-corrected chi connectivity index (χ4v) is 4.55. The van der Waals surface area contributed by atoms with Gasteiger partial charge >= 0.3 is 11.9 Å². The number of carbonyl (C=O) groups excluding carboxylic acids is 1. The molecule has 1 aliphatic heterocycles. The Balaban J connectivity index is 1.56. The summed E-state index contributed by atoms with van der Waals surface area (Å²) in [5.74, 6) is -3.51. The fraction of sp³-hybridized carbons (Fsp3) is 0.409. The molecule has 1 aliphatic carbocycles. The van der Waals surface area contributed by atoms with Crippen molar-refractivity contribution < 1.29 is 24.6 Å². The van der Waals surface area contributed by atoms with Gasteiger partial charge in [0.05, 0.1) is 11.8 Å². The maximum absolute atomic E-state index is 12.7. The molecular formula is C22H25N3O5. The maximum Gasteiger partial charge on any atom is 0.325 e. The second-order valence-corrected chi connectivity index (χ2v) is 7.97. The first-order valence-electron chi connectivity index (χ1n) is 10.2. The van der Waals surface area contributed by atoms with Crippen LogP contribution in [0.5, 0.6) is 0 Å². The zero-order valence-electron chi connectivity index (χ0n) is 16.5. The number of fused-ring (bicyclic) bond motifs is 1. The highest BCUT2D eigenvalue weighted by atomic mass is 16.4. The first-order chi connectivity index (χ1) is 14.5. The molecule has 30 heavy (non-hydrogen) atoms. The van der Waals surface area contributed by atoms with Gasteiger partial charge in [-0.2, -0.15) is 0 Å². The fourth-order valence-electron chi connectivity index (χ4n) is 4.55. The summed E-state index contributed by atoms with van der Waals surface area (Å²) in [6, 6.07) is 4.59. The Labute approximate surface area is 173 Å². The van der Waals surface area contributed by atoms with E-state index in [-0.39, 0.29) is 5.91 Å². The van der Waals surface area contributed by atoms with Gasteiger partial charge in [0.15, 0.2) is 0 Å². The van der Waals surface area contributed by atoms with Gasteiger partial charge in [-0.25, -0.2) is 0 Å². The Morgan fingerprint density at radius 1 is 1.07 bits per heavy atom. The maximum atomic E-state index is 12.7. The van der Waals surface area contributed by atoms with Crippen LogP contribution in [0.25, 0.3) is 10.9 Å². The van der Waals surface area contributed by atoms with Gasteiger partial charge in [0, 0.05) is 28.4 Å². The quantitative estimate of drug-likeness (QED) is 0.542. The molecule has 4 rings (SSSR count). The van der Waals surface area contributed by atoms with Gasteiger partial charge in [0.2, 0.25) is 5.91 Å². The van der Waals surface area contributed by atoms with Crippen molar-refractivity contribution in [3.05, 3.63) is 42.1 Å². The first-order valence-corrected chi connectivity index (χ1v) is 10.2. The summed E-state index contributed by atoms with van der Waals surface area (Å²) in [5, 5.41) is 22.8. The van der Waals surface area contributed by atoms with E-state index >= 15 is 0 Å². The average Bonchev–Trinajstić information content (AvgIpc) is 3.38. The monoisotopic (exact) mass is 411 g/mol. The predicted octanol–water partition coefficient (Wildman–Crippen LogP) is 2.99. The molecule has 1 aromatic carbocycles. The lowest BCUT2D eigenvalue weighted by molar-refractivity contribution is -0.146. The lowest BCUT2D eigenvalue weighted by atomic mass is 9.82. The molecule has 0 radical (unpaired) electrons. The molecule has 1 amide bonds. The number of anilines is 1. The van der Waals surface area contributed by atoms with Gasteiger partial charge in [-0.1, -0.05) is 18.2 Å². The molecule has 4 N–H and O–H groups in total. The molecule has 8 heteroatoms. The molecule has 1 aromatic heterocycles. The summed E-state index contributed by atoms with van der Waals surface area (Å²) in [4.78, 5) is 41.2. The van der Waals surface area contributed by atoms with Crippen molar-refractivity contribution in [1.29, 1.82) is 0 Å². The summed E-state index contributed by atoms with van der Waals surface area (Å²) in [6.45, 7) is 1.52. The highest BCUT2D eigenvalue weighted by Crippen LogP contribution is 2.33. The Kier molecular flexibility index (Phi) is 5.59. The molecule has 2 aromatic rings. The number of nitrogens with zero attached hydrogens (tertiary/aromatic N) is 1. The number of aliphatic carboxylic acids is 2. The summed E-state index contributed by atoms with van der Waals surface area (Å²) < 4.78 is 0. The lowest BCUT2D eigenvalue weighted by Gasteiger charge is -2.24. The molecule has 0 unspecified atom stereocenters. The molecule has 0 spiro atoms. The number of carbonyl (C=O) groups is 3. The minimum absolute atomic E-state index is 0.321. The van der Waals surface area contributed by atoms with Crippen molar-refractivity contribution in [3.63, 3.8) is 0 Å². The smallest absolute Gasteiger partial charge is 0.325 e. The molecule has 0 bridgehead atoms. The Morgan fingerprint density at radius 2 is 1.77 bits per heavy atom. The molecule has 1 fully saturated rings. The number of amides is 1. The molecule has 158 valence electrons. The van der Waals surface area contributed by atoms with Crippen LogP contribution in [0.3, 0.4) is 0 Å². The van der Waals surface area contributed by atoms with Crippen LogP contribution in [0.2, 0.25) is 0 Å². The Bertz CT molecular complexity index is 1010. The van der Waals surface area contributed by atoms with E-state index in [0.29, 0.717) is 24.1 Å². The third-order valence-corrected chi connectivity index (χ3v) is 6.10. The van der Waals surface area contributed by atoms with Gasteiger partial charge in [-0.15, -0.1) is 0 Å². The first kappa shape index (κ1) is 20.2. The van der Waals surface area contributed by atoms with E-state index in [0.717, 1.165) is 36.8 Å². The molecule has 0 saturated carbocycles. The molecule has 2 heterocycles. The van der Waals surface area contributed by atoms with Crippen LogP contribution in [-0.2, 0) is 14.4 Å². The zero-order chi connectivity index (χ0) is 21.3. The summed E-state index contributed by atoms with van der Waals surface area (Å²) >= 11 is 0. The minimum atomic E-state index is -0.967. The molecule has 2 aliphatic rings. The Hall–Kier alpha value is -3.13. The van der Waals surface area contributed by atoms with Crippen LogP contribution in [0.4, 0.5) is 5.69 Å². The summed E-state index contributed by atoms with van der Waals surface area (Å²) in [5.41, 5.74) is 1.99. The number of aromatic nitrogens is 1. The largest absolute Gasteiger partial charge is 0.481 e. The van der Waals surface area contributed by atoms with Gasteiger partial charge in [-0.3, -0.25) is 19.3 Å². The van der Waals surface area contributed by atoms with Crippen molar-refractivity contribution in [3.8, 4) is 0 Å². The number of benzene rings is 1. The topological polar surface area (TPSA) is 123 Å². The molecule has 1 saturated heterocycles.